The summed E-state index contributed by atoms with van der Waals surface area (Å²) in [5.74, 6) is 1.13. The first-order chi connectivity index (χ1) is 18.2. The number of H-pyrrole nitrogens is 1. The minimum atomic E-state index is -0.252. The Morgan fingerprint density at radius 2 is 1.73 bits per heavy atom. The number of carbonyl (C=O) groups excluding carboxylic acids is 1. The third-order valence-corrected chi connectivity index (χ3v) is 6.63. The van der Waals surface area contributed by atoms with E-state index >= 15 is 0 Å². The maximum atomic E-state index is 13.5. The van der Waals surface area contributed by atoms with Crippen molar-refractivity contribution in [1.29, 1.82) is 0 Å². The first kappa shape index (κ1) is 21.1. The molecule has 1 aliphatic rings. The van der Waals surface area contributed by atoms with Crippen molar-refractivity contribution in [3.8, 4) is 33.8 Å². The van der Waals surface area contributed by atoms with Gasteiger partial charge >= 0.3 is 0 Å². The molecule has 0 fully saturated rings. The Kier molecular flexibility index (Phi) is 4.85. The van der Waals surface area contributed by atoms with Gasteiger partial charge in [-0.2, -0.15) is 0 Å². The van der Waals surface area contributed by atoms with Crippen LogP contribution in [0.5, 0.6) is 11.5 Å². The molecule has 0 aliphatic carbocycles. The highest BCUT2D eigenvalue weighted by Crippen LogP contribution is 2.38. The maximum absolute atomic E-state index is 13.5. The van der Waals surface area contributed by atoms with Gasteiger partial charge in [0.2, 0.25) is 6.79 Å². The smallest absolute Gasteiger partial charge is 0.257 e. The molecule has 1 aliphatic heterocycles. The van der Waals surface area contributed by atoms with Crippen molar-refractivity contribution in [2.75, 3.05) is 12.1 Å². The van der Waals surface area contributed by atoms with Crippen LogP contribution in [0, 0.1) is 0 Å². The van der Waals surface area contributed by atoms with Gasteiger partial charge in [-0.05, 0) is 46.2 Å². The highest BCUT2D eigenvalue weighted by Gasteiger charge is 2.19. The standard InChI is InChI=1S/C30H20N4O3/c35-30(34-26-16-31-11-10-23(26)19-8-9-27-28(13-19)37-17-36-27)25-15-33-29-24(25)12-20(14-32-29)22-7-3-5-18-4-1-2-6-21(18)22/h1-16H,17H2,(H,32,33)(H,34,35). The lowest BCUT2D eigenvalue weighted by atomic mass is 9.98. The first-order valence-corrected chi connectivity index (χ1v) is 11.9. The van der Waals surface area contributed by atoms with Crippen LogP contribution in [0.3, 0.4) is 0 Å². The van der Waals surface area contributed by atoms with Crippen molar-refractivity contribution in [1.82, 2.24) is 15.0 Å². The number of fused-ring (bicyclic) bond motifs is 3. The topological polar surface area (TPSA) is 89.1 Å². The zero-order chi connectivity index (χ0) is 24.8. The number of ether oxygens (including phenoxy) is 2. The summed E-state index contributed by atoms with van der Waals surface area (Å²) in [5.41, 5.74) is 5.48. The third-order valence-electron chi connectivity index (χ3n) is 6.63. The Hall–Kier alpha value is -5.17. The fourth-order valence-electron chi connectivity index (χ4n) is 4.82. The molecule has 0 bridgehead atoms. The average Bonchev–Trinajstić information content (AvgIpc) is 3.59. The van der Waals surface area contributed by atoms with Crippen LogP contribution in [0.1, 0.15) is 10.4 Å². The van der Waals surface area contributed by atoms with Crippen LogP contribution in [-0.2, 0) is 0 Å². The van der Waals surface area contributed by atoms with Gasteiger partial charge in [0.1, 0.15) is 5.65 Å². The van der Waals surface area contributed by atoms with Crippen molar-refractivity contribution < 1.29 is 14.3 Å². The number of benzene rings is 3. The second-order valence-electron chi connectivity index (χ2n) is 8.79. The maximum Gasteiger partial charge on any atom is 0.257 e. The summed E-state index contributed by atoms with van der Waals surface area (Å²) in [6.07, 6.45) is 6.87. The van der Waals surface area contributed by atoms with Gasteiger partial charge in [0, 0.05) is 35.1 Å². The highest BCUT2D eigenvalue weighted by molar-refractivity contribution is 6.14. The number of hydrogen-bond donors (Lipinski definition) is 2. The largest absolute Gasteiger partial charge is 0.454 e. The SMILES string of the molecule is O=C(Nc1cnccc1-c1ccc2c(c1)OCO2)c1c[nH]c2ncc(-c3cccc4ccccc34)cc12. The Morgan fingerprint density at radius 3 is 2.70 bits per heavy atom. The summed E-state index contributed by atoms with van der Waals surface area (Å²) in [6, 6.07) is 24.0. The second kappa shape index (κ2) is 8.49. The van der Waals surface area contributed by atoms with Gasteiger partial charge in [-0.15, -0.1) is 0 Å². The molecule has 0 spiro atoms. The molecule has 3 aromatic carbocycles. The lowest BCUT2D eigenvalue weighted by Gasteiger charge is -2.11. The number of nitrogens with one attached hydrogen (secondary N) is 2. The van der Waals surface area contributed by atoms with Crippen molar-refractivity contribution in [2.45, 2.75) is 0 Å². The first-order valence-electron chi connectivity index (χ1n) is 11.9. The molecule has 0 radical (unpaired) electrons. The second-order valence-corrected chi connectivity index (χ2v) is 8.79. The van der Waals surface area contributed by atoms with E-state index in [1.54, 1.807) is 18.6 Å². The minimum absolute atomic E-state index is 0.202. The molecule has 7 nitrogen and oxygen atoms in total. The van der Waals surface area contributed by atoms with Gasteiger partial charge in [0.25, 0.3) is 5.91 Å². The van der Waals surface area contributed by atoms with E-state index in [4.69, 9.17) is 9.47 Å². The Balaban J connectivity index is 1.25. The van der Waals surface area contributed by atoms with Crippen LogP contribution in [0.25, 0.3) is 44.1 Å². The van der Waals surface area contributed by atoms with E-state index in [1.165, 1.54) is 0 Å². The van der Waals surface area contributed by atoms with E-state index < -0.39 is 0 Å². The number of aromatic amines is 1. The molecule has 0 saturated heterocycles. The van der Waals surface area contributed by atoms with E-state index in [0.29, 0.717) is 28.4 Å². The van der Waals surface area contributed by atoms with E-state index in [0.717, 1.165) is 38.4 Å². The number of hydrogen-bond acceptors (Lipinski definition) is 5. The molecule has 37 heavy (non-hydrogen) atoms. The molecule has 4 heterocycles. The van der Waals surface area contributed by atoms with E-state index in [1.807, 2.05) is 54.7 Å². The summed E-state index contributed by atoms with van der Waals surface area (Å²) in [4.78, 5) is 25.4. The molecule has 2 N–H and O–H groups in total. The number of carbonyl (C=O) groups is 1. The van der Waals surface area contributed by atoms with E-state index in [2.05, 4.69) is 44.5 Å². The summed E-state index contributed by atoms with van der Waals surface area (Å²) in [6.45, 7) is 0.202. The van der Waals surface area contributed by atoms with Crippen molar-refractivity contribution in [3.63, 3.8) is 0 Å². The molecule has 7 heteroatoms. The Bertz CT molecular complexity index is 1820. The van der Waals surface area contributed by atoms with Crippen LogP contribution in [0.4, 0.5) is 5.69 Å². The van der Waals surface area contributed by atoms with Crippen molar-refractivity contribution in [3.05, 3.63) is 103 Å². The van der Waals surface area contributed by atoms with Crippen molar-refractivity contribution >= 4 is 33.4 Å². The average molecular weight is 485 g/mol. The van der Waals surface area contributed by atoms with Gasteiger partial charge in [-0.1, -0.05) is 48.5 Å². The molecular formula is C30H20N4O3. The number of pyridine rings is 2. The predicted molar refractivity (Wildman–Crippen MR) is 143 cm³/mol. The van der Waals surface area contributed by atoms with Crippen molar-refractivity contribution in [2.24, 2.45) is 0 Å². The third kappa shape index (κ3) is 3.65. The van der Waals surface area contributed by atoms with Gasteiger partial charge in [0.05, 0.1) is 17.4 Å². The van der Waals surface area contributed by atoms with E-state index in [9.17, 15) is 4.79 Å². The number of aromatic nitrogens is 3. The van der Waals surface area contributed by atoms with Gasteiger partial charge in [0.15, 0.2) is 11.5 Å². The molecule has 6 aromatic rings. The number of amides is 1. The molecule has 7 rings (SSSR count). The molecule has 0 saturated carbocycles. The minimum Gasteiger partial charge on any atom is -0.454 e. The van der Waals surface area contributed by atoms with Crippen LogP contribution in [0.15, 0.2) is 97.6 Å². The van der Waals surface area contributed by atoms with E-state index in [-0.39, 0.29) is 12.7 Å². The highest BCUT2D eigenvalue weighted by atomic mass is 16.7. The van der Waals surface area contributed by atoms with Gasteiger partial charge in [-0.25, -0.2) is 4.98 Å². The quantitative estimate of drug-likeness (QED) is 0.301. The molecule has 1 amide bonds. The molecule has 0 unspecified atom stereocenters. The van der Waals surface area contributed by atoms with Crippen LogP contribution >= 0.6 is 0 Å². The fraction of sp³-hybridized carbons (Fsp3) is 0.0333. The van der Waals surface area contributed by atoms with Crippen LogP contribution < -0.4 is 14.8 Å². The monoisotopic (exact) mass is 484 g/mol. The predicted octanol–water partition coefficient (Wildman–Crippen LogP) is 6.43. The Morgan fingerprint density at radius 1 is 0.838 bits per heavy atom. The summed E-state index contributed by atoms with van der Waals surface area (Å²) >= 11 is 0. The molecule has 178 valence electrons. The number of rotatable bonds is 4. The lowest BCUT2D eigenvalue weighted by molar-refractivity contribution is 0.102. The number of nitrogens with zero attached hydrogens (tertiary/aromatic N) is 2. The van der Waals surface area contributed by atoms with Crippen LogP contribution in [-0.4, -0.2) is 27.7 Å². The Labute approximate surface area is 211 Å². The summed E-state index contributed by atoms with van der Waals surface area (Å²) in [5, 5.41) is 6.07. The molecule has 0 atom stereocenters. The molecule has 3 aromatic heterocycles. The summed E-state index contributed by atoms with van der Waals surface area (Å²) < 4.78 is 11.0. The molecular weight excluding hydrogens is 464 g/mol. The fourth-order valence-corrected chi connectivity index (χ4v) is 4.82. The van der Waals surface area contributed by atoms with Gasteiger partial charge < -0.3 is 19.8 Å². The normalized spacial score (nSPS) is 12.2. The van der Waals surface area contributed by atoms with Crippen LogP contribution in [0.2, 0.25) is 0 Å². The number of anilines is 1. The lowest BCUT2D eigenvalue weighted by Crippen LogP contribution is -2.12. The van der Waals surface area contributed by atoms with Gasteiger partial charge in [-0.3, -0.25) is 9.78 Å². The summed E-state index contributed by atoms with van der Waals surface area (Å²) in [7, 11) is 0. The zero-order valence-corrected chi connectivity index (χ0v) is 19.6. The zero-order valence-electron chi connectivity index (χ0n) is 19.6.